The molecule has 0 aliphatic carbocycles. The Hall–Kier alpha value is -0.830. The van der Waals surface area contributed by atoms with Crippen LogP contribution in [0.15, 0.2) is 12.4 Å². The molecule has 1 rings (SSSR count). The number of hydrogen-bond donors (Lipinski definition) is 1. The van der Waals surface area contributed by atoms with Crippen LogP contribution in [0.5, 0.6) is 0 Å². The number of hydrogen-bond acceptors (Lipinski definition) is 2. The lowest BCUT2D eigenvalue weighted by molar-refractivity contribution is 0.406. The van der Waals surface area contributed by atoms with E-state index in [0.29, 0.717) is 6.04 Å². The van der Waals surface area contributed by atoms with Crippen LogP contribution in [-0.2, 0) is 7.05 Å². The molecule has 0 amide bonds. The van der Waals surface area contributed by atoms with Crippen LogP contribution in [0.2, 0.25) is 0 Å². The SMILES string of the molecule is CCC(CC)CNC(CC)c1cnn(C)c1. The molecule has 0 aliphatic rings. The summed E-state index contributed by atoms with van der Waals surface area (Å²) in [7, 11) is 1.97. The van der Waals surface area contributed by atoms with Crippen LogP contribution in [0.4, 0.5) is 0 Å². The van der Waals surface area contributed by atoms with Crippen molar-refractivity contribution in [2.24, 2.45) is 13.0 Å². The molecule has 0 saturated heterocycles. The second-order valence-electron chi connectivity index (χ2n) is 4.50. The van der Waals surface area contributed by atoms with Crippen molar-refractivity contribution in [1.29, 1.82) is 0 Å². The number of aromatic nitrogens is 2. The van der Waals surface area contributed by atoms with E-state index in [1.54, 1.807) is 0 Å². The lowest BCUT2D eigenvalue weighted by Crippen LogP contribution is -2.26. The second kappa shape index (κ2) is 6.69. The van der Waals surface area contributed by atoms with Crippen molar-refractivity contribution in [2.75, 3.05) is 6.54 Å². The summed E-state index contributed by atoms with van der Waals surface area (Å²) in [4.78, 5) is 0. The van der Waals surface area contributed by atoms with E-state index < -0.39 is 0 Å². The van der Waals surface area contributed by atoms with Crippen molar-refractivity contribution >= 4 is 0 Å². The average Bonchev–Trinajstić information content (AvgIpc) is 2.71. The monoisotopic (exact) mass is 223 g/mol. The first-order valence-corrected chi connectivity index (χ1v) is 6.43. The average molecular weight is 223 g/mol. The minimum Gasteiger partial charge on any atom is -0.310 e. The molecule has 1 aromatic rings. The number of nitrogens with one attached hydrogen (secondary N) is 1. The molecule has 92 valence electrons. The molecule has 1 N–H and O–H groups in total. The molecule has 0 aromatic carbocycles. The third-order valence-electron chi connectivity index (χ3n) is 3.34. The van der Waals surface area contributed by atoms with Crippen LogP contribution < -0.4 is 5.32 Å². The Bertz CT molecular complexity index is 289. The quantitative estimate of drug-likeness (QED) is 0.770. The van der Waals surface area contributed by atoms with Gasteiger partial charge in [-0.2, -0.15) is 5.10 Å². The first-order valence-electron chi connectivity index (χ1n) is 6.43. The maximum absolute atomic E-state index is 4.23. The normalized spacial score (nSPS) is 13.3. The predicted molar refractivity (Wildman–Crippen MR) is 68.3 cm³/mol. The van der Waals surface area contributed by atoms with Crippen LogP contribution in [-0.4, -0.2) is 16.3 Å². The standard InChI is InChI=1S/C13H25N3/c1-5-11(6-2)8-14-13(7-3)12-9-15-16(4)10-12/h9-11,13-14H,5-8H2,1-4H3. The summed E-state index contributed by atoms with van der Waals surface area (Å²) >= 11 is 0. The first kappa shape index (κ1) is 13.2. The molecule has 0 aliphatic heterocycles. The van der Waals surface area contributed by atoms with Gasteiger partial charge < -0.3 is 5.32 Å². The highest BCUT2D eigenvalue weighted by Gasteiger charge is 2.12. The van der Waals surface area contributed by atoms with E-state index in [1.807, 2.05) is 17.9 Å². The van der Waals surface area contributed by atoms with Crippen molar-refractivity contribution < 1.29 is 0 Å². The van der Waals surface area contributed by atoms with Crippen LogP contribution in [0.1, 0.15) is 51.6 Å². The fourth-order valence-electron chi connectivity index (χ4n) is 2.00. The molecule has 3 heteroatoms. The van der Waals surface area contributed by atoms with E-state index in [2.05, 4.69) is 37.4 Å². The summed E-state index contributed by atoms with van der Waals surface area (Å²) in [6.45, 7) is 7.86. The minimum atomic E-state index is 0.453. The van der Waals surface area contributed by atoms with Gasteiger partial charge in [-0.25, -0.2) is 0 Å². The van der Waals surface area contributed by atoms with E-state index in [1.165, 1.54) is 18.4 Å². The largest absolute Gasteiger partial charge is 0.310 e. The summed E-state index contributed by atoms with van der Waals surface area (Å²) in [6, 6.07) is 0.453. The van der Waals surface area contributed by atoms with Crippen LogP contribution in [0.3, 0.4) is 0 Å². The van der Waals surface area contributed by atoms with Crippen LogP contribution in [0, 0.1) is 5.92 Å². The molecule has 0 bridgehead atoms. The molecule has 0 saturated carbocycles. The van der Waals surface area contributed by atoms with E-state index in [4.69, 9.17) is 0 Å². The molecular formula is C13H25N3. The lowest BCUT2D eigenvalue weighted by Gasteiger charge is -2.19. The van der Waals surface area contributed by atoms with Crippen molar-refractivity contribution in [2.45, 2.75) is 46.1 Å². The second-order valence-corrected chi connectivity index (χ2v) is 4.50. The Morgan fingerprint density at radius 1 is 1.25 bits per heavy atom. The smallest absolute Gasteiger partial charge is 0.0537 e. The van der Waals surface area contributed by atoms with E-state index in [9.17, 15) is 0 Å². The fraction of sp³-hybridized carbons (Fsp3) is 0.769. The first-order chi connectivity index (χ1) is 7.71. The summed E-state index contributed by atoms with van der Waals surface area (Å²) in [6.07, 6.45) is 7.70. The third kappa shape index (κ3) is 3.63. The van der Waals surface area contributed by atoms with Gasteiger partial charge in [-0.15, -0.1) is 0 Å². The molecular weight excluding hydrogens is 198 g/mol. The van der Waals surface area contributed by atoms with Gasteiger partial charge in [-0.05, 0) is 18.9 Å². The highest BCUT2D eigenvalue weighted by atomic mass is 15.2. The number of aryl methyl sites for hydroxylation is 1. The van der Waals surface area contributed by atoms with Gasteiger partial charge >= 0.3 is 0 Å². The van der Waals surface area contributed by atoms with Crippen LogP contribution >= 0.6 is 0 Å². The van der Waals surface area contributed by atoms with Crippen molar-refractivity contribution in [3.05, 3.63) is 18.0 Å². The molecule has 0 radical (unpaired) electrons. The topological polar surface area (TPSA) is 29.9 Å². The van der Waals surface area contributed by atoms with Gasteiger partial charge in [0.1, 0.15) is 0 Å². The van der Waals surface area contributed by atoms with E-state index in [0.717, 1.165) is 18.9 Å². The Labute approximate surface area is 99.2 Å². The Kier molecular flexibility index (Phi) is 5.53. The molecule has 3 nitrogen and oxygen atoms in total. The van der Waals surface area contributed by atoms with E-state index >= 15 is 0 Å². The zero-order valence-electron chi connectivity index (χ0n) is 11.0. The molecule has 1 unspecified atom stereocenters. The summed E-state index contributed by atoms with van der Waals surface area (Å²) in [5.41, 5.74) is 1.30. The highest BCUT2D eigenvalue weighted by Crippen LogP contribution is 2.16. The van der Waals surface area contributed by atoms with Gasteiger partial charge in [0.05, 0.1) is 6.20 Å². The van der Waals surface area contributed by atoms with Gasteiger partial charge in [-0.1, -0.05) is 33.6 Å². The van der Waals surface area contributed by atoms with Gasteiger partial charge in [0.2, 0.25) is 0 Å². The Morgan fingerprint density at radius 3 is 2.38 bits per heavy atom. The molecule has 1 heterocycles. The summed E-state index contributed by atoms with van der Waals surface area (Å²) in [5, 5.41) is 7.88. The molecule has 1 aromatic heterocycles. The van der Waals surface area contributed by atoms with Gasteiger partial charge in [0.15, 0.2) is 0 Å². The highest BCUT2D eigenvalue weighted by molar-refractivity contribution is 5.09. The summed E-state index contributed by atoms with van der Waals surface area (Å²) in [5.74, 6) is 0.797. The molecule has 1 atom stereocenters. The zero-order valence-corrected chi connectivity index (χ0v) is 11.0. The maximum atomic E-state index is 4.23. The Balaban J connectivity index is 2.49. The molecule has 16 heavy (non-hydrogen) atoms. The van der Waals surface area contributed by atoms with Crippen molar-refractivity contribution in [1.82, 2.24) is 15.1 Å². The Morgan fingerprint density at radius 2 is 1.94 bits per heavy atom. The number of nitrogens with zero attached hydrogens (tertiary/aromatic N) is 2. The minimum absolute atomic E-state index is 0.453. The summed E-state index contributed by atoms with van der Waals surface area (Å²) < 4.78 is 1.87. The third-order valence-corrected chi connectivity index (χ3v) is 3.34. The van der Waals surface area contributed by atoms with Gasteiger partial charge in [0, 0.05) is 24.8 Å². The molecule has 0 spiro atoms. The lowest BCUT2D eigenvalue weighted by atomic mass is 10.0. The van der Waals surface area contributed by atoms with Gasteiger partial charge in [-0.3, -0.25) is 4.68 Å². The van der Waals surface area contributed by atoms with Crippen molar-refractivity contribution in [3.8, 4) is 0 Å². The zero-order chi connectivity index (χ0) is 12.0. The van der Waals surface area contributed by atoms with E-state index in [-0.39, 0.29) is 0 Å². The fourth-order valence-corrected chi connectivity index (χ4v) is 2.00. The predicted octanol–water partition coefficient (Wildman–Crippen LogP) is 2.90. The van der Waals surface area contributed by atoms with Gasteiger partial charge in [0.25, 0.3) is 0 Å². The van der Waals surface area contributed by atoms with Crippen molar-refractivity contribution in [3.63, 3.8) is 0 Å². The number of rotatable bonds is 7. The molecule has 0 fully saturated rings. The van der Waals surface area contributed by atoms with Crippen LogP contribution in [0.25, 0.3) is 0 Å². The maximum Gasteiger partial charge on any atom is 0.0537 e.